The third kappa shape index (κ3) is 3.07. The summed E-state index contributed by atoms with van der Waals surface area (Å²) in [5.41, 5.74) is 0.913. The second kappa shape index (κ2) is 5.77. The average Bonchev–Trinajstić information content (AvgIpc) is 2.35. The summed E-state index contributed by atoms with van der Waals surface area (Å²) in [4.78, 5) is 21.4. The summed E-state index contributed by atoms with van der Waals surface area (Å²) in [7, 11) is 1.07. The van der Waals surface area contributed by atoms with Crippen LogP contribution in [0.15, 0.2) is 12.1 Å². The summed E-state index contributed by atoms with van der Waals surface area (Å²) in [5.74, 6) is -1.00. The number of nitrogens with zero attached hydrogens (tertiary/aromatic N) is 1. The summed E-state index contributed by atoms with van der Waals surface area (Å²) in [6.45, 7) is 3.19. The quantitative estimate of drug-likeness (QED) is 0.475. The Bertz CT molecular complexity index is 513. The van der Waals surface area contributed by atoms with Crippen LogP contribution in [0.5, 0.6) is 0 Å². The summed E-state index contributed by atoms with van der Waals surface area (Å²) < 4.78 is 4.31. The normalized spacial score (nSPS) is 13.7. The fourth-order valence-corrected chi connectivity index (χ4v) is 1.79. The van der Waals surface area contributed by atoms with Gasteiger partial charge in [-0.15, -0.1) is 0 Å². The molecular weight excluding hydrogens is 254 g/mol. The zero-order valence-electron chi connectivity index (χ0n) is 10.8. The largest absolute Gasteiger partial charge is 0.467 e. The third-order valence-corrected chi connectivity index (χ3v) is 2.84. The Labute approximate surface area is 109 Å². The maximum atomic E-state index is 11.2. The molecule has 104 valence electrons. The van der Waals surface area contributed by atoms with Gasteiger partial charge in [0.2, 0.25) is 0 Å². The summed E-state index contributed by atoms with van der Waals surface area (Å²) in [6, 6.07) is 2.67. The highest BCUT2D eigenvalue weighted by Crippen LogP contribution is 2.28. The van der Waals surface area contributed by atoms with Crippen LogP contribution in [-0.4, -0.2) is 34.3 Å². The minimum atomic E-state index is -1.79. The standard InChI is InChI=1S/C12H15NO6/c1-6-4-7(2)9(13(17)18)5-8(6)10(14)11(15)12(16)19-3/h4-5,10-11,14-15H,1-3H3. The molecule has 2 unspecified atom stereocenters. The van der Waals surface area contributed by atoms with Gasteiger partial charge in [0.05, 0.1) is 12.0 Å². The molecule has 2 atom stereocenters. The van der Waals surface area contributed by atoms with E-state index in [9.17, 15) is 25.1 Å². The number of aliphatic hydroxyl groups excluding tert-OH is 2. The van der Waals surface area contributed by atoms with Gasteiger partial charge in [-0.1, -0.05) is 0 Å². The van der Waals surface area contributed by atoms with Crippen molar-refractivity contribution in [2.75, 3.05) is 7.11 Å². The van der Waals surface area contributed by atoms with E-state index >= 15 is 0 Å². The Morgan fingerprint density at radius 2 is 1.89 bits per heavy atom. The highest BCUT2D eigenvalue weighted by atomic mass is 16.6. The number of hydrogen-bond donors (Lipinski definition) is 2. The predicted octanol–water partition coefficient (Wildman–Crippen LogP) is 0.779. The first-order chi connectivity index (χ1) is 8.79. The molecule has 0 heterocycles. The maximum absolute atomic E-state index is 11.2. The van der Waals surface area contributed by atoms with Crippen LogP contribution in [0.4, 0.5) is 5.69 Å². The van der Waals surface area contributed by atoms with Gasteiger partial charge >= 0.3 is 5.97 Å². The predicted molar refractivity (Wildman–Crippen MR) is 65.6 cm³/mol. The molecule has 2 N–H and O–H groups in total. The van der Waals surface area contributed by atoms with Crippen molar-refractivity contribution in [2.45, 2.75) is 26.1 Å². The number of carbonyl (C=O) groups is 1. The van der Waals surface area contributed by atoms with E-state index in [1.54, 1.807) is 13.8 Å². The molecule has 0 radical (unpaired) electrons. The molecule has 0 aliphatic heterocycles. The highest BCUT2D eigenvalue weighted by Gasteiger charge is 2.29. The number of nitro groups is 1. The first-order valence-corrected chi connectivity index (χ1v) is 5.49. The molecule has 0 aliphatic carbocycles. The lowest BCUT2D eigenvalue weighted by Crippen LogP contribution is -2.29. The van der Waals surface area contributed by atoms with Crippen LogP contribution in [0, 0.1) is 24.0 Å². The van der Waals surface area contributed by atoms with E-state index in [0.29, 0.717) is 11.1 Å². The summed E-state index contributed by atoms with van der Waals surface area (Å²) in [6.07, 6.45) is -3.36. The number of rotatable bonds is 4. The molecule has 0 amide bonds. The zero-order valence-corrected chi connectivity index (χ0v) is 10.8. The molecule has 7 nitrogen and oxygen atoms in total. The maximum Gasteiger partial charge on any atom is 0.337 e. The van der Waals surface area contributed by atoms with Crippen LogP contribution < -0.4 is 0 Å². The third-order valence-electron chi connectivity index (χ3n) is 2.84. The minimum absolute atomic E-state index is 0.121. The van der Waals surface area contributed by atoms with Gasteiger partial charge < -0.3 is 14.9 Å². The summed E-state index contributed by atoms with van der Waals surface area (Å²) in [5, 5.41) is 30.3. The topological polar surface area (TPSA) is 110 Å². The van der Waals surface area contributed by atoms with E-state index in [2.05, 4.69) is 4.74 Å². The molecular formula is C12H15NO6. The number of carbonyl (C=O) groups excluding carboxylic acids is 1. The molecule has 0 bridgehead atoms. The molecule has 0 aromatic heterocycles. The molecule has 1 rings (SSSR count). The van der Waals surface area contributed by atoms with Crippen molar-refractivity contribution in [3.63, 3.8) is 0 Å². The van der Waals surface area contributed by atoms with E-state index in [4.69, 9.17) is 0 Å². The van der Waals surface area contributed by atoms with Crippen LogP contribution in [0.3, 0.4) is 0 Å². The second-order valence-corrected chi connectivity index (χ2v) is 4.17. The van der Waals surface area contributed by atoms with E-state index in [1.807, 2.05) is 0 Å². The smallest absolute Gasteiger partial charge is 0.337 e. The fraction of sp³-hybridized carbons (Fsp3) is 0.417. The molecule has 0 spiro atoms. The number of aliphatic hydroxyl groups is 2. The lowest BCUT2D eigenvalue weighted by molar-refractivity contribution is -0.385. The fourth-order valence-electron chi connectivity index (χ4n) is 1.79. The van der Waals surface area contributed by atoms with Crippen molar-refractivity contribution in [3.8, 4) is 0 Å². The van der Waals surface area contributed by atoms with Gasteiger partial charge in [0, 0.05) is 11.6 Å². The first-order valence-electron chi connectivity index (χ1n) is 5.49. The van der Waals surface area contributed by atoms with Crippen LogP contribution >= 0.6 is 0 Å². The van der Waals surface area contributed by atoms with Crippen LogP contribution in [0.25, 0.3) is 0 Å². The second-order valence-electron chi connectivity index (χ2n) is 4.17. The average molecular weight is 269 g/mol. The monoisotopic (exact) mass is 269 g/mol. The van der Waals surface area contributed by atoms with Crippen LogP contribution in [-0.2, 0) is 9.53 Å². The number of ether oxygens (including phenoxy) is 1. The molecule has 1 aromatic carbocycles. The van der Waals surface area contributed by atoms with Gasteiger partial charge in [-0.2, -0.15) is 0 Å². The van der Waals surface area contributed by atoms with Crippen LogP contribution in [0.1, 0.15) is 22.8 Å². The van der Waals surface area contributed by atoms with Gasteiger partial charge in [0.15, 0.2) is 6.10 Å². The molecule has 0 fully saturated rings. The molecule has 1 aromatic rings. The van der Waals surface area contributed by atoms with Gasteiger partial charge in [-0.3, -0.25) is 10.1 Å². The Kier molecular flexibility index (Phi) is 4.57. The highest BCUT2D eigenvalue weighted by molar-refractivity contribution is 5.75. The molecule has 0 aliphatic rings. The Morgan fingerprint density at radius 3 is 2.37 bits per heavy atom. The van der Waals surface area contributed by atoms with Gasteiger partial charge in [0.1, 0.15) is 6.10 Å². The van der Waals surface area contributed by atoms with E-state index < -0.39 is 23.1 Å². The van der Waals surface area contributed by atoms with Crippen molar-refractivity contribution in [3.05, 3.63) is 38.9 Å². The summed E-state index contributed by atoms with van der Waals surface area (Å²) >= 11 is 0. The number of hydrogen-bond acceptors (Lipinski definition) is 6. The lowest BCUT2D eigenvalue weighted by Gasteiger charge is -2.18. The van der Waals surface area contributed by atoms with Crippen molar-refractivity contribution in [1.29, 1.82) is 0 Å². The van der Waals surface area contributed by atoms with Crippen molar-refractivity contribution < 1.29 is 24.7 Å². The number of esters is 1. The van der Waals surface area contributed by atoms with Crippen molar-refractivity contribution in [1.82, 2.24) is 0 Å². The molecule has 7 heteroatoms. The Hall–Kier alpha value is -1.99. The number of aryl methyl sites for hydroxylation is 2. The molecule has 0 saturated heterocycles. The van der Waals surface area contributed by atoms with Crippen LogP contribution in [0.2, 0.25) is 0 Å². The Morgan fingerprint density at radius 1 is 1.32 bits per heavy atom. The number of methoxy groups -OCH3 is 1. The SMILES string of the molecule is COC(=O)C(O)C(O)c1cc([N+](=O)[O-])c(C)cc1C. The van der Waals surface area contributed by atoms with Gasteiger partial charge in [0.25, 0.3) is 5.69 Å². The van der Waals surface area contributed by atoms with Gasteiger partial charge in [-0.25, -0.2) is 4.79 Å². The van der Waals surface area contributed by atoms with Crippen molar-refractivity contribution >= 4 is 11.7 Å². The molecule has 19 heavy (non-hydrogen) atoms. The van der Waals surface area contributed by atoms with E-state index in [0.717, 1.165) is 13.2 Å². The number of benzene rings is 1. The van der Waals surface area contributed by atoms with E-state index in [-0.39, 0.29) is 11.3 Å². The minimum Gasteiger partial charge on any atom is -0.467 e. The molecule has 0 saturated carbocycles. The number of nitro benzene ring substituents is 1. The first kappa shape index (κ1) is 15.1. The zero-order chi connectivity index (χ0) is 14.7. The van der Waals surface area contributed by atoms with E-state index in [1.165, 1.54) is 6.07 Å². The lowest BCUT2D eigenvalue weighted by atomic mass is 9.96. The van der Waals surface area contributed by atoms with Crippen molar-refractivity contribution in [2.24, 2.45) is 0 Å². The Balaban J connectivity index is 3.23. The van der Waals surface area contributed by atoms with Gasteiger partial charge in [-0.05, 0) is 31.0 Å².